The van der Waals surface area contributed by atoms with Crippen LogP contribution in [-0.2, 0) is 22.6 Å². The highest BCUT2D eigenvalue weighted by molar-refractivity contribution is 7.18. The number of nitrogens with zero attached hydrogens (tertiary/aromatic N) is 2. The molecular formula is C21H18N2O3S. The molecule has 0 saturated heterocycles. The molecule has 0 unspecified atom stereocenters. The molecule has 6 heteroatoms. The molecule has 0 radical (unpaired) electrons. The summed E-state index contributed by atoms with van der Waals surface area (Å²) in [6, 6.07) is 15.9. The van der Waals surface area contributed by atoms with Crippen molar-refractivity contribution in [2.24, 2.45) is 0 Å². The van der Waals surface area contributed by atoms with Gasteiger partial charge < -0.3 is 9.15 Å². The average molecular weight is 378 g/mol. The average Bonchev–Trinajstić information content (AvgIpc) is 3.32. The van der Waals surface area contributed by atoms with E-state index in [9.17, 15) is 4.79 Å². The number of hydrogen-bond donors (Lipinski definition) is 0. The van der Waals surface area contributed by atoms with Gasteiger partial charge in [-0.1, -0.05) is 42.0 Å². The van der Waals surface area contributed by atoms with Crippen LogP contribution in [0.25, 0.3) is 21.5 Å². The smallest absolute Gasteiger partial charge is 0.306 e. The monoisotopic (exact) mass is 378 g/mol. The maximum atomic E-state index is 12.0. The summed E-state index contributed by atoms with van der Waals surface area (Å²) in [6.07, 6.45) is 2.32. The first kappa shape index (κ1) is 17.4. The summed E-state index contributed by atoms with van der Waals surface area (Å²) in [5, 5.41) is 0.794. The van der Waals surface area contributed by atoms with E-state index in [0.717, 1.165) is 20.8 Å². The molecule has 0 aliphatic heterocycles. The van der Waals surface area contributed by atoms with Crippen molar-refractivity contribution in [3.63, 3.8) is 0 Å². The zero-order valence-electron chi connectivity index (χ0n) is 14.8. The Bertz CT molecular complexity index is 1030. The van der Waals surface area contributed by atoms with Crippen LogP contribution in [0.15, 0.2) is 59.1 Å². The number of carbonyl (C=O) groups is 1. The lowest BCUT2D eigenvalue weighted by molar-refractivity contribution is -0.145. The molecule has 27 heavy (non-hydrogen) atoms. The first-order chi connectivity index (χ1) is 13.2. The van der Waals surface area contributed by atoms with Crippen molar-refractivity contribution in [2.45, 2.75) is 26.4 Å². The van der Waals surface area contributed by atoms with Gasteiger partial charge in [-0.25, -0.2) is 9.97 Å². The third kappa shape index (κ3) is 4.23. The fraction of sp³-hybridized carbons (Fsp3) is 0.190. The molecule has 136 valence electrons. The first-order valence-electron chi connectivity index (χ1n) is 8.69. The number of carbonyl (C=O) groups excluding carboxylic acids is 1. The number of aromatic nitrogens is 2. The minimum Gasteiger partial charge on any atom is -0.458 e. The van der Waals surface area contributed by atoms with Gasteiger partial charge in [0, 0.05) is 12.0 Å². The molecular weight excluding hydrogens is 360 g/mol. The van der Waals surface area contributed by atoms with Gasteiger partial charge in [0.15, 0.2) is 11.7 Å². The normalized spacial score (nSPS) is 11.0. The second kappa shape index (κ2) is 7.72. The maximum absolute atomic E-state index is 12.0. The minimum atomic E-state index is -0.288. The third-order valence-electron chi connectivity index (χ3n) is 4.13. The van der Waals surface area contributed by atoms with Crippen molar-refractivity contribution in [3.8, 4) is 11.3 Å². The second-order valence-electron chi connectivity index (χ2n) is 6.22. The van der Waals surface area contributed by atoms with Crippen LogP contribution in [0.5, 0.6) is 0 Å². The molecule has 0 fully saturated rings. The fourth-order valence-electron chi connectivity index (χ4n) is 2.68. The largest absolute Gasteiger partial charge is 0.458 e. The van der Waals surface area contributed by atoms with E-state index in [-0.39, 0.29) is 19.0 Å². The first-order valence-corrected chi connectivity index (χ1v) is 9.51. The molecule has 4 aromatic rings. The molecule has 5 nitrogen and oxygen atoms in total. The number of para-hydroxylation sites is 1. The number of fused-ring (bicyclic) bond motifs is 1. The van der Waals surface area contributed by atoms with Crippen LogP contribution >= 0.6 is 11.3 Å². The predicted octanol–water partition coefficient (Wildman–Crippen LogP) is 4.94. The molecule has 2 heterocycles. The van der Waals surface area contributed by atoms with E-state index in [0.29, 0.717) is 18.1 Å². The second-order valence-corrected chi connectivity index (χ2v) is 7.34. The predicted molar refractivity (Wildman–Crippen MR) is 104 cm³/mol. The summed E-state index contributed by atoms with van der Waals surface area (Å²) >= 11 is 1.54. The lowest BCUT2D eigenvalue weighted by Crippen LogP contribution is -2.05. The number of aryl methyl sites for hydroxylation is 2. The molecule has 0 aliphatic rings. The van der Waals surface area contributed by atoms with E-state index >= 15 is 0 Å². The number of thiazole rings is 1. The van der Waals surface area contributed by atoms with Gasteiger partial charge in [0.2, 0.25) is 0 Å². The molecule has 0 spiro atoms. The third-order valence-corrected chi connectivity index (χ3v) is 5.14. The number of ether oxygens (including phenoxy) is 1. The van der Waals surface area contributed by atoms with Gasteiger partial charge in [-0.15, -0.1) is 11.3 Å². The Morgan fingerprint density at radius 1 is 1.15 bits per heavy atom. The Kier molecular flexibility index (Phi) is 4.98. The molecule has 0 N–H and O–H groups in total. The van der Waals surface area contributed by atoms with Crippen LogP contribution in [0.4, 0.5) is 0 Å². The van der Waals surface area contributed by atoms with Crippen LogP contribution in [0.1, 0.15) is 22.9 Å². The highest BCUT2D eigenvalue weighted by atomic mass is 32.1. The van der Waals surface area contributed by atoms with E-state index in [1.807, 2.05) is 55.5 Å². The lowest BCUT2D eigenvalue weighted by atomic mass is 10.1. The number of benzene rings is 2. The lowest BCUT2D eigenvalue weighted by Gasteiger charge is -2.01. The zero-order chi connectivity index (χ0) is 18.6. The topological polar surface area (TPSA) is 65.2 Å². The number of rotatable bonds is 6. The van der Waals surface area contributed by atoms with Crippen molar-refractivity contribution in [2.75, 3.05) is 0 Å². The highest BCUT2D eigenvalue weighted by Gasteiger charge is 2.11. The molecule has 0 atom stereocenters. The van der Waals surface area contributed by atoms with E-state index < -0.39 is 0 Å². The van der Waals surface area contributed by atoms with E-state index in [4.69, 9.17) is 9.15 Å². The summed E-state index contributed by atoms with van der Waals surface area (Å²) in [6.45, 7) is 2.23. The maximum Gasteiger partial charge on any atom is 0.306 e. The van der Waals surface area contributed by atoms with Gasteiger partial charge in [-0.05, 0) is 19.1 Å². The highest BCUT2D eigenvalue weighted by Crippen LogP contribution is 2.23. The van der Waals surface area contributed by atoms with Crippen molar-refractivity contribution >= 4 is 27.5 Å². The van der Waals surface area contributed by atoms with Crippen LogP contribution in [0, 0.1) is 6.92 Å². The van der Waals surface area contributed by atoms with Crippen molar-refractivity contribution < 1.29 is 13.9 Å². The Balaban J connectivity index is 1.29. The van der Waals surface area contributed by atoms with Crippen LogP contribution in [0.3, 0.4) is 0 Å². The van der Waals surface area contributed by atoms with Crippen LogP contribution in [0.2, 0.25) is 0 Å². The number of esters is 1. The minimum absolute atomic E-state index is 0.193. The molecule has 0 saturated carbocycles. The number of hydrogen-bond acceptors (Lipinski definition) is 6. The summed E-state index contributed by atoms with van der Waals surface area (Å²) in [4.78, 5) is 20.7. The van der Waals surface area contributed by atoms with Crippen molar-refractivity contribution in [1.82, 2.24) is 9.97 Å². The van der Waals surface area contributed by atoms with Crippen LogP contribution < -0.4 is 0 Å². The molecule has 4 rings (SSSR count). The van der Waals surface area contributed by atoms with E-state index in [1.54, 1.807) is 6.20 Å². The van der Waals surface area contributed by atoms with Crippen molar-refractivity contribution in [1.29, 1.82) is 0 Å². The molecule has 2 aromatic heterocycles. The Labute approximate surface area is 160 Å². The summed E-state index contributed by atoms with van der Waals surface area (Å²) in [5.41, 5.74) is 3.09. The van der Waals surface area contributed by atoms with Gasteiger partial charge in [0.25, 0.3) is 0 Å². The number of oxazole rings is 1. The van der Waals surface area contributed by atoms with E-state index in [1.165, 1.54) is 16.9 Å². The molecule has 0 bridgehead atoms. The standard InChI is InChI=1S/C21H18N2O3S/c1-14-6-8-15(9-7-14)17-12-22-19(26-17)10-11-21(24)25-13-20-23-16-4-2-3-5-18(16)27-20/h2-9,12H,10-11,13H2,1H3. The van der Waals surface area contributed by atoms with Gasteiger partial charge in [0.05, 0.1) is 22.8 Å². The zero-order valence-corrected chi connectivity index (χ0v) is 15.7. The van der Waals surface area contributed by atoms with E-state index in [2.05, 4.69) is 9.97 Å². The summed E-state index contributed by atoms with van der Waals surface area (Å²) in [5.74, 6) is 0.944. The van der Waals surface area contributed by atoms with Gasteiger partial charge in [-0.2, -0.15) is 0 Å². The molecule has 0 amide bonds. The van der Waals surface area contributed by atoms with Gasteiger partial charge in [0.1, 0.15) is 11.6 Å². The van der Waals surface area contributed by atoms with Gasteiger partial charge >= 0.3 is 5.97 Å². The Morgan fingerprint density at radius 2 is 1.96 bits per heavy atom. The summed E-state index contributed by atoms with van der Waals surface area (Å²) in [7, 11) is 0. The quantitative estimate of drug-likeness (QED) is 0.445. The summed E-state index contributed by atoms with van der Waals surface area (Å²) < 4.78 is 12.1. The Hall–Kier alpha value is -2.99. The molecule has 2 aromatic carbocycles. The van der Waals surface area contributed by atoms with Crippen LogP contribution in [-0.4, -0.2) is 15.9 Å². The SMILES string of the molecule is Cc1ccc(-c2cnc(CCC(=O)OCc3nc4ccccc4s3)o2)cc1. The van der Waals surface area contributed by atoms with Gasteiger partial charge in [-0.3, -0.25) is 4.79 Å². The molecule has 0 aliphatic carbocycles. The Morgan fingerprint density at radius 3 is 2.78 bits per heavy atom. The fourth-order valence-corrected chi connectivity index (χ4v) is 3.56. The van der Waals surface area contributed by atoms with Crippen molar-refractivity contribution in [3.05, 3.63) is 71.2 Å².